The van der Waals surface area contributed by atoms with Gasteiger partial charge in [0, 0.05) is 23.9 Å². The van der Waals surface area contributed by atoms with Crippen LogP contribution in [-0.2, 0) is 9.53 Å². The molecule has 0 spiro atoms. The SMILES string of the molecule is CC(=O)CC1CCN(C(C)c2cccc(Br)c2)C(=O)O1.Fc1ccccc1. The Bertz CT molecular complexity index is 769. The van der Waals surface area contributed by atoms with Crippen LogP contribution in [0, 0.1) is 5.82 Å². The normalized spacial score (nSPS) is 17.4. The number of hydrogen-bond donors (Lipinski definition) is 0. The van der Waals surface area contributed by atoms with Crippen molar-refractivity contribution in [3.63, 3.8) is 0 Å². The summed E-state index contributed by atoms with van der Waals surface area (Å²) in [5, 5.41) is 0. The molecule has 4 nitrogen and oxygen atoms in total. The van der Waals surface area contributed by atoms with E-state index in [1.165, 1.54) is 19.1 Å². The molecule has 144 valence electrons. The molecule has 0 saturated carbocycles. The third-order valence-corrected chi connectivity index (χ3v) is 4.73. The second-order valence-electron chi connectivity index (χ2n) is 6.42. The van der Waals surface area contributed by atoms with Gasteiger partial charge in [-0.05, 0) is 43.7 Å². The maximum absolute atomic E-state index is 12.1. The van der Waals surface area contributed by atoms with Crippen molar-refractivity contribution in [3.05, 3.63) is 70.5 Å². The first kappa shape index (κ1) is 21.1. The van der Waals surface area contributed by atoms with Crippen molar-refractivity contribution in [2.24, 2.45) is 0 Å². The van der Waals surface area contributed by atoms with E-state index >= 15 is 0 Å². The topological polar surface area (TPSA) is 46.6 Å². The van der Waals surface area contributed by atoms with Crippen LogP contribution in [0.4, 0.5) is 9.18 Å². The first-order valence-electron chi connectivity index (χ1n) is 8.79. The predicted octanol–water partition coefficient (Wildman–Crippen LogP) is 5.53. The minimum Gasteiger partial charge on any atom is -0.446 e. The molecule has 0 bridgehead atoms. The lowest BCUT2D eigenvalue weighted by Gasteiger charge is -2.35. The molecule has 2 unspecified atom stereocenters. The van der Waals surface area contributed by atoms with Gasteiger partial charge in [-0.3, -0.25) is 4.79 Å². The number of ether oxygens (including phenoxy) is 1. The summed E-state index contributed by atoms with van der Waals surface area (Å²) in [5.74, 6) is -0.126. The van der Waals surface area contributed by atoms with Gasteiger partial charge in [0.1, 0.15) is 17.7 Å². The first-order chi connectivity index (χ1) is 12.9. The van der Waals surface area contributed by atoms with Crippen molar-refractivity contribution in [1.82, 2.24) is 4.90 Å². The van der Waals surface area contributed by atoms with E-state index in [0.29, 0.717) is 19.4 Å². The molecule has 2 atom stereocenters. The Hall–Kier alpha value is -2.21. The molecule has 1 aliphatic rings. The summed E-state index contributed by atoms with van der Waals surface area (Å²) in [7, 11) is 0. The van der Waals surface area contributed by atoms with E-state index in [9.17, 15) is 14.0 Å². The van der Waals surface area contributed by atoms with E-state index in [2.05, 4.69) is 15.9 Å². The first-order valence-corrected chi connectivity index (χ1v) is 9.59. The standard InChI is InChI=1S/C15H18BrNO3.C6H5F/c1-10(18)8-14-6-7-17(15(19)20-14)11(2)12-4-3-5-13(16)9-12;7-6-4-2-1-3-5-6/h3-5,9,11,14H,6-8H2,1-2H3;1-5H. The molecule has 27 heavy (non-hydrogen) atoms. The van der Waals surface area contributed by atoms with E-state index in [1.807, 2.05) is 31.2 Å². The Morgan fingerprint density at radius 2 is 1.96 bits per heavy atom. The minimum absolute atomic E-state index is 0.0433. The third-order valence-electron chi connectivity index (χ3n) is 4.24. The van der Waals surface area contributed by atoms with Crippen LogP contribution < -0.4 is 0 Å². The van der Waals surface area contributed by atoms with Gasteiger partial charge in [0.15, 0.2) is 0 Å². The molecule has 2 aromatic rings. The zero-order valence-electron chi connectivity index (χ0n) is 15.4. The van der Waals surface area contributed by atoms with Crippen LogP contribution in [0.5, 0.6) is 0 Å². The molecule has 6 heteroatoms. The molecular formula is C21H23BrFNO3. The number of amides is 1. The monoisotopic (exact) mass is 435 g/mol. The lowest BCUT2D eigenvalue weighted by molar-refractivity contribution is -0.119. The van der Waals surface area contributed by atoms with E-state index in [1.54, 1.807) is 23.1 Å². The molecule has 1 aliphatic heterocycles. The Balaban J connectivity index is 0.000000313. The molecular weight excluding hydrogens is 413 g/mol. The van der Waals surface area contributed by atoms with Gasteiger partial charge < -0.3 is 9.64 Å². The quantitative estimate of drug-likeness (QED) is 0.634. The number of cyclic esters (lactones) is 1. The Morgan fingerprint density at radius 3 is 2.48 bits per heavy atom. The molecule has 1 saturated heterocycles. The number of halogens is 2. The largest absolute Gasteiger partial charge is 0.446 e. The summed E-state index contributed by atoms with van der Waals surface area (Å²) in [6.07, 6.45) is 0.398. The van der Waals surface area contributed by atoms with Crippen LogP contribution in [0.1, 0.15) is 38.3 Å². The maximum atomic E-state index is 12.1. The smallest absolute Gasteiger partial charge is 0.410 e. The van der Waals surface area contributed by atoms with Crippen molar-refractivity contribution in [2.45, 2.75) is 38.8 Å². The molecule has 3 rings (SSSR count). The lowest BCUT2D eigenvalue weighted by atomic mass is 10.0. The van der Waals surface area contributed by atoms with Gasteiger partial charge in [-0.15, -0.1) is 0 Å². The lowest BCUT2D eigenvalue weighted by Crippen LogP contribution is -2.43. The summed E-state index contributed by atoms with van der Waals surface area (Å²) in [4.78, 5) is 24.9. The number of rotatable bonds is 4. The Labute approximate surface area is 167 Å². The van der Waals surface area contributed by atoms with Gasteiger partial charge in [0.05, 0.1) is 6.04 Å². The fraction of sp³-hybridized carbons (Fsp3) is 0.333. The van der Waals surface area contributed by atoms with Gasteiger partial charge in [-0.25, -0.2) is 9.18 Å². The molecule has 0 N–H and O–H groups in total. The van der Waals surface area contributed by atoms with Crippen LogP contribution in [-0.4, -0.2) is 29.4 Å². The van der Waals surface area contributed by atoms with Crippen molar-refractivity contribution in [3.8, 4) is 0 Å². The average molecular weight is 436 g/mol. The Kier molecular flexibility index (Phi) is 7.98. The van der Waals surface area contributed by atoms with Crippen LogP contribution in [0.15, 0.2) is 59.1 Å². The third kappa shape index (κ3) is 6.79. The molecule has 0 radical (unpaired) electrons. The van der Waals surface area contributed by atoms with Crippen molar-refractivity contribution < 1.29 is 18.7 Å². The number of Topliss-reactive ketones (excluding diaryl/α,β-unsaturated/α-hetero) is 1. The zero-order valence-corrected chi connectivity index (χ0v) is 17.0. The summed E-state index contributed by atoms with van der Waals surface area (Å²) in [6.45, 7) is 4.11. The molecule has 0 aliphatic carbocycles. The van der Waals surface area contributed by atoms with Gasteiger partial charge in [0.25, 0.3) is 0 Å². The number of benzene rings is 2. The van der Waals surface area contributed by atoms with Gasteiger partial charge in [-0.1, -0.05) is 46.3 Å². The average Bonchev–Trinajstić information content (AvgIpc) is 2.62. The number of carbonyl (C=O) groups is 2. The number of hydrogen-bond acceptors (Lipinski definition) is 3. The van der Waals surface area contributed by atoms with E-state index < -0.39 is 0 Å². The summed E-state index contributed by atoms with van der Waals surface area (Å²) in [5.41, 5.74) is 1.06. The van der Waals surface area contributed by atoms with Crippen LogP contribution in [0.2, 0.25) is 0 Å². The highest BCUT2D eigenvalue weighted by Crippen LogP contribution is 2.27. The van der Waals surface area contributed by atoms with Crippen LogP contribution in [0.3, 0.4) is 0 Å². The molecule has 0 aromatic heterocycles. The van der Waals surface area contributed by atoms with E-state index in [4.69, 9.17) is 4.74 Å². The fourth-order valence-electron chi connectivity index (χ4n) is 2.82. The van der Waals surface area contributed by atoms with E-state index in [-0.39, 0.29) is 29.8 Å². The fourth-order valence-corrected chi connectivity index (χ4v) is 3.24. The maximum Gasteiger partial charge on any atom is 0.410 e. The highest BCUT2D eigenvalue weighted by atomic mass is 79.9. The molecule has 1 heterocycles. The van der Waals surface area contributed by atoms with Gasteiger partial charge >= 0.3 is 6.09 Å². The van der Waals surface area contributed by atoms with Crippen molar-refractivity contribution in [1.29, 1.82) is 0 Å². The van der Waals surface area contributed by atoms with Crippen LogP contribution >= 0.6 is 15.9 Å². The minimum atomic E-state index is -0.338. The van der Waals surface area contributed by atoms with Crippen molar-refractivity contribution >= 4 is 27.8 Å². The predicted molar refractivity (Wildman–Crippen MR) is 106 cm³/mol. The van der Waals surface area contributed by atoms with E-state index in [0.717, 1.165) is 10.0 Å². The molecule has 1 fully saturated rings. The zero-order chi connectivity index (χ0) is 19.8. The highest BCUT2D eigenvalue weighted by molar-refractivity contribution is 9.10. The molecule has 1 amide bonds. The molecule has 2 aromatic carbocycles. The second-order valence-corrected chi connectivity index (χ2v) is 7.34. The van der Waals surface area contributed by atoms with Gasteiger partial charge in [0.2, 0.25) is 0 Å². The number of carbonyl (C=O) groups excluding carboxylic acids is 2. The Morgan fingerprint density at radius 1 is 1.26 bits per heavy atom. The van der Waals surface area contributed by atoms with Gasteiger partial charge in [-0.2, -0.15) is 0 Å². The summed E-state index contributed by atoms with van der Waals surface area (Å²) in [6, 6.07) is 15.8. The van der Waals surface area contributed by atoms with Crippen molar-refractivity contribution in [2.75, 3.05) is 6.54 Å². The summed E-state index contributed by atoms with van der Waals surface area (Å²) < 4.78 is 18.2. The number of nitrogens with zero attached hydrogens (tertiary/aromatic N) is 1. The summed E-state index contributed by atoms with van der Waals surface area (Å²) >= 11 is 3.43. The van der Waals surface area contributed by atoms with Crippen LogP contribution in [0.25, 0.3) is 0 Å². The second kappa shape index (κ2) is 10.2. The number of ketones is 1. The highest BCUT2D eigenvalue weighted by Gasteiger charge is 2.31.